The maximum Gasteiger partial charge on any atom is 0.242 e. The summed E-state index contributed by atoms with van der Waals surface area (Å²) in [5, 5.41) is 6.81. The van der Waals surface area contributed by atoms with Gasteiger partial charge in [-0.2, -0.15) is 11.3 Å². The van der Waals surface area contributed by atoms with E-state index < -0.39 is 10.8 Å². The molecule has 2 atom stereocenters. The molecule has 0 saturated carbocycles. The van der Waals surface area contributed by atoms with Crippen molar-refractivity contribution in [2.24, 2.45) is 0 Å². The summed E-state index contributed by atoms with van der Waals surface area (Å²) < 4.78 is 0.897. The molecule has 0 bridgehead atoms. The molecule has 1 fully saturated rings. The van der Waals surface area contributed by atoms with E-state index in [9.17, 15) is 9.59 Å². The zero-order valence-corrected chi connectivity index (χ0v) is 18.5. The van der Waals surface area contributed by atoms with Gasteiger partial charge in [0.05, 0.1) is 10.6 Å². The van der Waals surface area contributed by atoms with E-state index in [2.05, 4.69) is 21.2 Å². The highest BCUT2D eigenvalue weighted by Gasteiger charge is 2.47. The molecular formula is C21H15BrClNO2S2. The summed E-state index contributed by atoms with van der Waals surface area (Å²) in [6.07, 6.45) is 0.189. The molecule has 0 spiro atoms. The predicted molar refractivity (Wildman–Crippen MR) is 118 cm³/mol. The monoisotopic (exact) mass is 491 g/mol. The number of ketones is 1. The van der Waals surface area contributed by atoms with E-state index in [1.807, 2.05) is 59.3 Å². The van der Waals surface area contributed by atoms with Crippen molar-refractivity contribution in [2.45, 2.75) is 22.1 Å². The summed E-state index contributed by atoms with van der Waals surface area (Å²) in [6, 6.07) is 16.9. The zero-order chi connectivity index (χ0) is 19.7. The van der Waals surface area contributed by atoms with Crippen molar-refractivity contribution in [1.29, 1.82) is 0 Å². The van der Waals surface area contributed by atoms with Gasteiger partial charge in [0.15, 0.2) is 5.78 Å². The molecule has 142 valence electrons. The highest BCUT2D eigenvalue weighted by atomic mass is 79.9. The summed E-state index contributed by atoms with van der Waals surface area (Å²) in [5.74, 6) is -0.410. The molecule has 2 heterocycles. The van der Waals surface area contributed by atoms with Gasteiger partial charge in [0.1, 0.15) is 5.25 Å². The number of hydrogen-bond donors (Lipinski definition) is 1. The van der Waals surface area contributed by atoms with Crippen molar-refractivity contribution in [2.75, 3.05) is 0 Å². The van der Waals surface area contributed by atoms with Crippen LogP contribution in [0.5, 0.6) is 0 Å². The topological polar surface area (TPSA) is 46.2 Å². The fourth-order valence-corrected chi connectivity index (χ4v) is 5.75. The van der Waals surface area contributed by atoms with Crippen LogP contribution >= 0.6 is 50.6 Å². The van der Waals surface area contributed by atoms with Gasteiger partial charge < -0.3 is 5.32 Å². The largest absolute Gasteiger partial charge is 0.341 e. The van der Waals surface area contributed by atoms with E-state index in [1.165, 1.54) is 11.8 Å². The van der Waals surface area contributed by atoms with Gasteiger partial charge in [0.2, 0.25) is 5.91 Å². The first-order valence-electron chi connectivity index (χ1n) is 8.54. The van der Waals surface area contributed by atoms with Gasteiger partial charge in [0, 0.05) is 15.8 Å². The second-order valence-corrected chi connectivity index (χ2v) is 9.74. The Kier molecular flexibility index (Phi) is 5.65. The van der Waals surface area contributed by atoms with Crippen LogP contribution in [-0.2, 0) is 15.1 Å². The SMILES string of the molecule is O=C1CC(c2ccsc2)(c2cccc(Br)c2)NC(=O)C1Sc1ccccc1Cl. The van der Waals surface area contributed by atoms with Gasteiger partial charge in [-0.15, -0.1) is 11.8 Å². The number of halogens is 2. The molecule has 1 aliphatic rings. The van der Waals surface area contributed by atoms with Crippen LogP contribution in [0.25, 0.3) is 0 Å². The molecule has 1 aliphatic heterocycles. The number of carbonyl (C=O) groups excluding carboxylic acids is 2. The molecule has 1 saturated heterocycles. The quantitative estimate of drug-likeness (QED) is 0.478. The second-order valence-electron chi connectivity index (χ2n) is 6.49. The summed E-state index contributed by atoms with van der Waals surface area (Å²) in [6.45, 7) is 0. The average molecular weight is 493 g/mol. The molecular weight excluding hydrogens is 478 g/mol. The highest BCUT2D eigenvalue weighted by Crippen LogP contribution is 2.41. The van der Waals surface area contributed by atoms with Gasteiger partial charge in [0.25, 0.3) is 0 Å². The molecule has 7 heteroatoms. The number of hydrogen-bond acceptors (Lipinski definition) is 4. The molecule has 3 nitrogen and oxygen atoms in total. The number of benzene rings is 2. The Bertz CT molecular complexity index is 1020. The summed E-state index contributed by atoms with van der Waals surface area (Å²) in [5.41, 5.74) is 0.928. The Balaban J connectivity index is 1.71. The minimum atomic E-state index is -0.866. The third kappa shape index (κ3) is 3.66. The van der Waals surface area contributed by atoms with E-state index in [4.69, 9.17) is 11.6 Å². The third-order valence-electron chi connectivity index (χ3n) is 4.72. The smallest absolute Gasteiger partial charge is 0.242 e. The minimum absolute atomic E-state index is 0.111. The standard InChI is InChI=1S/C21H15BrClNO2S2/c22-15-5-3-4-13(10-15)21(14-8-9-27-12-14)11-17(25)19(20(26)24-21)28-18-7-2-1-6-16(18)23/h1-10,12,19H,11H2,(H,24,26). The van der Waals surface area contributed by atoms with Crippen LogP contribution in [-0.4, -0.2) is 16.9 Å². The lowest BCUT2D eigenvalue weighted by Crippen LogP contribution is -2.57. The Hall–Kier alpha value is -1.60. The molecule has 1 amide bonds. The van der Waals surface area contributed by atoms with Crippen LogP contribution in [0.4, 0.5) is 0 Å². The summed E-state index contributed by atoms with van der Waals surface area (Å²) >= 11 is 12.5. The fourth-order valence-electron chi connectivity index (χ4n) is 3.38. The number of thioether (sulfide) groups is 1. The first kappa shape index (κ1) is 19.7. The van der Waals surface area contributed by atoms with Gasteiger partial charge in [-0.05, 0) is 52.2 Å². The van der Waals surface area contributed by atoms with Crippen molar-refractivity contribution in [3.05, 3.63) is 86.0 Å². The van der Waals surface area contributed by atoms with E-state index in [1.54, 1.807) is 17.4 Å². The number of amides is 1. The Labute approximate surface area is 184 Å². The van der Waals surface area contributed by atoms with Crippen LogP contribution in [0.15, 0.2) is 74.7 Å². The Morgan fingerprint density at radius 2 is 1.93 bits per heavy atom. The normalized spacial score (nSPS) is 22.1. The number of piperidine rings is 1. The average Bonchev–Trinajstić information content (AvgIpc) is 3.21. The lowest BCUT2D eigenvalue weighted by molar-refractivity contribution is -0.132. The van der Waals surface area contributed by atoms with Crippen LogP contribution in [0.3, 0.4) is 0 Å². The molecule has 3 aromatic rings. The van der Waals surface area contributed by atoms with E-state index in [0.29, 0.717) is 5.02 Å². The Morgan fingerprint density at radius 3 is 2.61 bits per heavy atom. The van der Waals surface area contributed by atoms with Crippen LogP contribution in [0.2, 0.25) is 5.02 Å². The molecule has 0 aliphatic carbocycles. The number of carbonyl (C=O) groups is 2. The van der Waals surface area contributed by atoms with Crippen LogP contribution in [0, 0.1) is 0 Å². The number of rotatable bonds is 4. The first-order valence-corrected chi connectivity index (χ1v) is 11.5. The lowest BCUT2D eigenvalue weighted by atomic mass is 9.77. The molecule has 28 heavy (non-hydrogen) atoms. The summed E-state index contributed by atoms with van der Waals surface area (Å²) in [7, 11) is 0. The molecule has 4 rings (SSSR count). The lowest BCUT2D eigenvalue weighted by Gasteiger charge is -2.40. The minimum Gasteiger partial charge on any atom is -0.341 e. The van der Waals surface area contributed by atoms with Crippen molar-refractivity contribution in [1.82, 2.24) is 5.32 Å². The van der Waals surface area contributed by atoms with Gasteiger partial charge in [-0.3, -0.25) is 9.59 Å². The third-order valence-corrected chi connectivity index (χ3v) is 7.66. The molecule has 1 N–H and O–H groups in total. The van der Waals surface area contributed by atoms with Crippen LogP contribution in [0.1, 0.15) is 17.5 Å². The number of nitrogens with one attached hydrogen (secondary N) is 1. The maximum absolute atomic E-state index is 13.2. The number of Topliss-reactive ketones (excluding diaryl/α,β-unsaturated/α-hetero) is 1. The fraction of sp³-hybridized carbons (Fsp3) is 0.143. The number of thiophene rings is 1. The van der Waals surface area contributed by atoms with E-state index in [0.717, 1.165) is 20.5 Å². The summed E-state index contributed by atoms with van der Waals surface area (Å²) in [4.78, 5) is 27.0. The van der Waals surface area contributed by atoms with Crippen molar-refractivity contribution >= 4 is 62.3 Å². The molecule has 1 aromatic heterocycles. The first-order chi connectivity index (χ1) is 13.5. The van der Waals surface area contributed by atoms with E-state index in [-0.39, 0.29) is 18.1 Å². The van der Waals surface area contributed by atoms with E-state index >= 15 is 0 Å². The van der Waals surface area contributed by atoms with Gasteiger partial charge >= 0.3 is 0 Å². The predicted octanol–water partition coefficient (Wildman–Crippen LogP) is 5.66. The highest BCUT2D eigenvalue weighted by molar-refractivity contribution is 9.10. The molecule has 0 radical (unpaired) electrons. The molecule has 2 unspecified atom stereocenters. The zero-order valence-electron chi connectivity index (χ0n) is 14.5. The van der Waals surface area contributed by atoms with Gasteiger partial charge in [-0.1, -0.05) is 51.8 Å². The van der Waals surface area contributed by atoms with Crippen LogP contribution < -0.4 is 5.32 Å². The Morgan fingerprint density at radius 1 is 1.11 bits per heavy atom. The maximum atomic E-state index is 13.2. The van der Waals surface area contributed by atoms with Crippen molar-refractivity contribution < 1.29 is 9.59 Å². The van der Waals surface area contributed by atoms with Gasteiger partial charge in [-0.25, -0.2) is 0 Å². The second kappa shape index (κ2) is 8.03. The molecule has 2 aromatic carbocycles. The van der Waals surface area contributed by atoms with Crippen molar-refractivity contribution in [3.63, 3.8) is 0 Å². The van der Waals surface area contributed by atoms with Crippen molar-refractivity contribution in [3.8, 4) is 0 Å².